The van der Waals surface area contributed by atoms with Crippen molar-refractivity contribution in [1.82, 2.24) is 10.2 Å². The number of nitrogens with one attached hydrogen (secondary N) is 1. The van der Waals surface area contributed by atoms with Gasteiger partial charge in [0.2, 0.25) is 0 Å². The molecular weight excluding hydrogens is 392 g/mol. The minimum atomic E-state index is -0.539. The Morgan fingerprint density at radius 3 is 2.45 bits per heavy atom. The second-order valence-corrected chi connectivity index (χ2v) is 9.70. The molecule has 0 aliphatic heterocycles. The van der Waals surface area contributed by atoms with Crippen LogP contribution < -0.4 is 5.32 Å². The van der Waals surface area contributed by atoms with Gasteiger partial charge in [0.15, 0.2) is 0 Å². The number of esters is 1. The molecule has 1 N–H and O–H groups in total. The first-order valence-electron chi connectivity index (χ1n) is 11.6. The average Bonchev–Trinajstić information content (AvgIpc) is 3.49. The summed E-state index contributed by atoms with van der Waals surface area (Å²) in [6, 6.07) is 9.33. The van der Waals surface area contributed by atoms with Gasteiger partial charge in [-0.3, -0.25) is 9.69 Å². The van der Waals surface area contributed by atoms with Gasteiger partial charge in [-0.05, 0) is 58.4 Å². The van der Waals surface area contributed by atoms with Crippen LogP contribution in [0.15, 0.2) is 30.3 Å². The second kappa shape index (κ2) is 12.1. The molecule has 6 nitrogen and oxygen atoms in total. The predicted octanol–water partition coefficient (Wildman–Crippen LogP) is 4.91. The molecule has 2 rings (SSSR count). The summed E-state index contributed by atoms with van der Waals surface area (Å²) < 4.78 is 11.1. The third-order valence-corrected chi connectivity index (χ3v) is 5.23. The average molecular weight is 433 g/mol. The first-order chi connectivity index (χ1) is 14.7. The van der Waals surface area contributed by atoms with Gasteiger partial charge in [-0.15, -0.1) is 0 Å². The van der Waals surface area contributed by atoms with Gasteiger partial charge in [0.1, 0.15) is 18.2 Å². The van der Waals surface area contributed by atoms with Crippen LogP contribution in [0.2, 0.25) is 0 Å². The van der Waals surface area contributed by atoms with E-state index in [1.165, 1.54) is 12.8 Å². The zero-order chi connectivity index (χ0) is 22.9. The predicted molar refractivity (Wildman–Crippen MR) is 123 cm³/mol. The zero-order valence-electron chi connectivity index (χ0n) is 19.9. The van der Waals surface area contributed by atoms with Crippen molar-refractivity contribution >= 4 is 12.1 Å². The van der Waals surface area contributed by atoms with E-state index in [0.29, 0.717) is 12.5 Å². The molecule has 1 aromatic carbocycles. The molecule has 6 heteroatoms. The molecule has 0 radical (unpaired) electrons. The number of amides is 1. The lowest BCUT2D eigenvalue weighted by Crippen LogP contribution is -2.50. The fourth-order valence-corrected chi connectivity index (χ4v) is 3.54. The summed E-state index contributed by atoms with van der Waals surface area (Å²) in [4.78, 5) is 27.5. The second-order valence-electron chi connectivity index (χ2n) is 9.70. The summed E-state index contributed by atoms with van der Waals surface area (Å²) in [5.41, 5.74) is 0.446. The maximum absolute atomic E-state index is 13.1. The Bertz CT molecular complexity index is 683. The number of hydrogen-bond donors (Lipinski definition) is 1. The third-order valence-electron chi connectivity index (χ3n) is 5.23. The summed E-state index contributed by atoms with van der Waals surface area (Å²) in [6.07, 6.45) is 4.71. The summed E-state index contributed by atoms with van der Waals surface area (Å²) >= 11 is 0. The van der Waals surface area contributed by atoms with Gasteiger partial charge in [-0.1, -0.05) is 50.1 Å². The Morgan fingerprint density at radius 1 is 1.19 bits per heavy atom. The number of carbonyl (C=O) groups excluding carboxylic acids is 2. The lowest BCUT2D eigenvalue weighted by molar-refractivity contribution is -0.152. The van der Waals surface area contributed by atoms with Crippen molar-refractivity contribution in [2.45, 2.75) is 91.0 Å². The van der Waals surface area contributed by atoms with Gasteiger partial charge in [0.25, 0.3) is 0 Å². The minimum Gasteiger partial charge on any atom is -0.460 e. The highest BCUT2D eigenvalue weighted by Crippen LogP contribution is 2.31. The minimum absolute atomic E-state index is 0.139. The summed E-state index contributed by atoms with van der Waals surface area (Å²) in [5, 5.41) is 2.91. The molecule has 0 aromatic heterocycles. The first kappa shape index (κ1) is 25.2. The fraction of sp³-hybridized carbons (Fsp3) is 0.680. The van der Waals surface area contributed by atoms with Crippen molar-refractivity contribution in [1.29, 1.82) is 0 Å². The topological polar surface area (TPSA) is 67.9 Å². The van der Waals surface area contributed by atoms with Crippen molar-refractivity contribution in [2.24, 2.45) is 5.92 Å². The molecule has 0 saturated heterocycles. The van der Waals surface area contributed by atoms with Crippen LogP contribution in [0.3, 0.4) is 0 Å². The molecule has 1 aliphatic carbocycles. The van der Waals surface area contributed by atoms with Gasteiger partial charge in [0.05, 0.1) is 0 Å². The van der Waals surface area contributed by atoms with Crippen molar-refractivity contribution in [2.75, 3.05) is 13.1 Å². The van der Waals surface area contributed by atoms with E-state index in [1.54, 1.807) is 0 Å². The number of alkyl carbamates (subject to hydrolysis) is 1. The summed E-state index contributed by atoms with van der Waals surface area (Å²) in [5.74, 6) is 0.446. The molecule has 174 valence electrons. The van der Waals surface area contributed by atoms with Crippen LogP contribution in [0.4, 0.5) is 4.79 Å². The molecule has 1 amide bonds. The number of carbonyl (C=O) groups is 2. The highest BCUT2D eigenvalue weighted by atomic mass is 16.6. The van der Waals surface area contributed by atoms with Crippen molar-refractivity contribution < 1.29 is 19.1 Å². The monoisotopic (exact) mass is 432 g/mol. The number of rotatable bonds is 12. The number of ether oxygens (including phenoxy) is 2. The van der Waals surface area contributed by atoms with Crippen LogP contribution in [0, 0.1) is 5.92 Å². The Labute approximate surface area is 187 Å². The van der Waals surface area contributed by atoms with Gasteiger partial charge in [-0.25, -0.2) is 4.79 Å². The molecule has 0 bridgehead atoms. The Kier molecular flexibility index (Phi) is 9.82. The van der Waals surface area contributed by atoms with E-state index >= 15 is 0 Å². The van der Waals surface area contributed by atoms with E-state index in [9.17, 15) is 9.59 Å². The maximum atomic E-state index is 13.1. The molecular formula is C25H40N2O4. The molecule has 1 fully saturated rings. The fourth-order valence-electron chi connectivity index (χ4n) is 3.54. The van der Waals surface area contributed by atoms with Gasteiger partial charge in [0, 0.05) is 19.1 Å². The van der Waals surface area contributed by atoms with Gasteiger partial charge >= 0.3 is 12.1 Å². The standard InChI is InChI=1S/C25H40N2O4/c1-6-7-13-22(23(28)30-18-21-11-9-8-10-12-21)27(17-20-14-15-20)16-19(2)26-24(29)31-25(3,4)5/h8-12,19-20,22H,6-7,13-18H2,1-5H3,(H,26,29). The third kappa shape index (κ3) is 10.2. The van der Waals surface area contributed by atoms with Crippen molar-refractivity contribution in [3.05, 3.63) is 35.9 Å². The molecule has 2 unspecified atom stereocenters. The largest absolute Gasteiger partial charge is 0.460 e. The number of benzene rings is 1. The van der Waals surface area contributed by atoms with Crippen LogP contribution in [0.5, 0.6) is 0 Å². The van der Waals surface area contributed by atoms with E-state index < -0.39 is 11.7 Å². The SMILES string of the molecule is CCCCC(C(=O)OCc1ccccc1)N(CC1CC1)CC(C)NC(=O)OC(C)(C)C. The van der Waals surface area contributed by atoms with E-state index in [4.69, 9.17) is 9.47 Å². The van der Waals surface area contributed by atoms with Crippen molar-refractivity contribution in [3.8, 4) is 0 Å². The zero-order valence-corrected chi connectivity index (χ0v) is 19.9. The normalized spacial score (nSPS) is 15.9. The number of hydrogen-bond acceptors (Lipinski definition) is 5. The Balaban J connectivity index is 2.02. The summed E-state index contributed by atoms with van der Waals surface area (Å²) in [7, 11) is 0. The number of unbranched alkanes of at least 4 members (excludes halogenated alkanes) is 1. The van der Waals surface area contributed by atoms with Crippen LogP contribution in [0.25, 0.3) is 0 Å². The highest BCUT2D eigenvalue weighted by molar-refractivity contribution is 5.75. The molecule has 31 heavy (non-hydrogen) atoms. The molecule has 2 atom stereocenters. The molecule has 1 aliphatic rings. The van der Waals surface area contributed by atoms with Crippen LogP contribution in [0.1, 0.15) is 72.3 Å². The molecule has 1 saturated carbocycles. The molecule has 1 aromatic rings. The van der Waals surface area contributed by atoms with E-state index in [-0.39, 0.29) is 24.7 Å². The van der Waals surface area contributed by atoms with E-state index in [0.717, 1.165) is 31.4 Å². The van der Waals surface area contributed by atoms with Crippen LogP contribution in [-0.4, -0.2) is 47.7 Å². The quantitative estimate of drug-likeness (QED) is 0.475. The van der Waals surface area contributed by atoms with Crippen LogP contribution >= 0.6 is 0 Å². The van der Waals surface area contributed by atoms with Gasteiger partial charge < -0.3 is 14.8 Å². The maximum Gasteiger partial charge on any atom is 0.407 e. The van der Waals surface area contributed by atoms with Gasteiger partial charge in [-0.2, -0.15) is 0 Å². The smallest absolute Gasteiger partial charge is 0.407 e. The Hall–Kier alpha value is -2.08. The lowest BCUT2D eigenvalue weighted by atomic mass is 10.1. The number of nitrogens with zero attached hydrogens (tertiary/aromatic N) is 1. The highest BCUT2D eigenvalue weighted by Gasteiger charge is 2.33. The van der Waals surface area contributed by atoms with Crippen molar-refractivity contribution in [3.63, 3.8) is 0 Å². The lowest BCUT2D eigenvalue weighted by Gasteiger charge is -2.33. The van der Waals surface area contributed by atoms with E-state index in [2.05, 4.69) is 17.1 Å². The van der Waals surface area contributed by atoms with Crippen LogP contribution in [-0.2, 0) is 20.9 Å². The van der Waals surface area contributed by atoms with E-state index in [1.807, 2.05) is 58.0 Å². The summed E-state index contributed by atoms with van der Waals surface area (Å²) in [6.45, 7) is 11.4. The molecule has 0 heterocycles. The Morgan fingerprint density at radius 2 is 1.87 bits per heavy atom. The molecule has 0 spiro atoms. The first-order valence-corrected chi connectivity index (χ1v) is 11.6.